The van der Waals surface area contributed by atoms with E-state index in [1.807, 2.05) is 6.07 Å². The molecule has 0 bridgehead atoms. The predicted octanol–water partition coefficient (Wildman–Crippen LogP) is 1.92. The predicted molar refractivity (Wildman–Crippen MR) is 121 cm³/mol. The molecule has 10 heteroatoms. The Kier molecular flexibility index (Phi) is 5.35. The summed E-state index contributed by atoms with van der Waals surface area (Å²) in [6.07, 6.45) is 5.96. The van der Waals surface area contributed by atoms with Crippen molar-refractivity contribution in [3.8, 4) is 0 Å². The van der Waals surface area contributed by atoms with Crippen LogP contribution in [0.1, 0.15) is 28.0 Å². The van der Waals surface area contributed by atoms with Crippen molar-refractivity contribution >= 4 is 22.5 Å². The second-order valence-electron chi connectivity index (χ2n) is 8.57. The molecule has 0 saturated carbocycles. The first-order valence-corrected chi connectivity index (χ1v) is 10.8. The van der Waals surface area contributed by atoms with Crippen LogP contribution in [0.3, 0.4) is 0 Å². The van der Waals surface area contributed by atoms with E-state index in [-0.39, 0.29) is 24.2 Å². The van der Waals surface area contributed by atoms with Crippen LogP contribution < -0.4 is 11.1 Å². The molecule has 4 N–H and O–H groups in total. The fraction of sp³-hybridized carbons (Fsp3) is 0.348. The minimum atomic E-state index is -1.14. The number of nitrogens with one attached hydrogen (secondary N) is 2. The quantitative estimate of drug-likeness (QED) is 0.413. The van der Waals surface area contributed by atoms with Crippen LogP contribution in [0.5, 0.6) is 0 Å². The number of amides is 1. The van der Waals surface area contributed by atoms with Crippen LogP contribution in [-0.2, 0) is 10.4 Å². The lowest BCUT2D eigenvalue weighted by molar-refractivity contribution is -0.00392. The number of aromatic amines is 1. The summed E-state index contributed by atoms with van der Waals surface area (Å²) in [5.74, 6) is -0.806. The Morgan fingerprint density at radius 3 is 3.03 bits per heavy atom. The Hall–Kier alpha value is -3.34. The van der Waals surface area contributed by atoms with Crippen molar-refractivity contribution in [2.45, 2.75) is 25.0 Å². The van der Waals surface area contributed by atoms with Crippen molar-refractivity contribution in [3.63, 3.8) is 0 Å². The molecule has 3 aromatic heterocycles. The molecule has 33 heavy (non-hydrogen) atoms. The molecule has 1 aliphatic heterocycles. The molecule has 2 unspecified atom stereocenters. The van der Waals surface area contributed by atoms with Gasteiger partial charge in [-0.05, 0) is 25.5 Å². The topological polar surface area (TPSA) is 114 Å². The van der Waals surface area contributed by atoms with Crippen LogP contribution in [-0.4, -0.2) is 63.2 Å². The number of fused-ring (bicyclic) bond motifs is 2. The highest BCUT2D eigenvalue weighted by Crippen LogP contribution is 2.32. The van der Waals surface area contributed by atoms with Gasteiger partial charge in [0.1, 0.15) is 5.66 Å². The number of H-pyrrole nitrogens is 1. The number of imidazole rings is 1. The molecule has 172 valence electrons. The summed E-state index contributed by atoms with van der Waals surface area (Å²) in [5.41, 5.74) is 7.62. The molecular formula is C23H26FN7O2. The molecule has 1 saturated heterocycles. The molecule has 0 aliphatic carbocycles. The van der Waals surface area contributed by atoms with E-state index in [2.05, 4.69) is 25.4 Å². The maximum Gasteiger partial charge on any atom is 0.255 e. The molecule has 1 aromatic carbocycles. The van der Waals surface area contributed by atoms with Gasteiger partial charge in [0, 0.05) is 49.6 Å². The molecule has 1 aliphatic rings. The van der Waals surface area contributed by atoms with E-state index in [0.717, 1.165) is 11.8 Å². The molecule has 1 amide bonds. The summed E-state index contributed by atoms with van der Waals surface area (Å²) in [5, 5.41) is 10.9. The molecule has 5 rings (SSSR count). The fourth-order valence-electron chi connectivity index (χ4n) is 4.71. The lowest BCUT2D eigenvalue weighted by Gasteiger charge is -2.42. The van der Waals surface area contributed by atoms with Gasteiger partial charge < -0.3 is 20.2 Å². The largest absolute Gasteiger partial charge is 0.380 e. The van der Waals surface area contributed by atoms with E-state index in [0.29, 0.717) is 35.4 Å². The molecular weight excluding hydrogens is 425 g/mol. The lowest BCUT2D eigenvalue weighted by atomic mass is 9.98. The number of benzene rings is 1. The van der Waals surface area contributed by atoms with Gasteiger partial charge in [-0.3, -0.25) is 14.8 Å². The van der Waals surface area contributed by atoms with Crippen molar-refractivity contribution < 1.29 is 13.9 Å². The number of ether oxygens (including phenoxy) is 1. The number of halogens is 1. The molecule has 0 radical (unpaired) electrons. The van der Waals surface area contributed by atoms with Gasteiger partial charge in [0.25, 0.3) is 5.91 Å². The standard InChI is InChI=1S/C23H26FN7O2/c1-14-10-30-11-16(8-19(24)21(30)27-14)23(13-33-2,31-7-6-17(25)12-31)28-22(32)18-5-3-4-15-9-26-29-20(15)18/h3-5,8-11,17H,6-7,12-13,25H2,1-2H3,(H,26,29)(H,28,32). The van der Waals surface area contributed by atoms with Crippen LogP contribution >= 0.6 is 0 Å². The second-order valence-corrected chi connectivity index (χ2v) is 8.57. The number of aryl methyl sites for hydroxylation is 1. The summed E-state index contributed by atoms with van der Waals surface area (Å²) >= 11 is 0. The average molecular weight is 452 g/mol. The van der Waals surface area contributed by atoms with E-state index in [1.54, 1.807) is 49.2 Å². The van der Waals surface area contributed by atoms with Gasteiger partial charge >= 0.3 is 0 Å². The minimum absolute atomic E-state index is 0.0572. The summed E-state index contributed by atoms with van der Waals surface area (Å²) in [4.78, 5) is 19.9. The molecule has 2 atom stereocenters. The smallest absolute Gasteiger partial charge is 0.255 e. The summed E-state index contributed by atoms with van der Waals surface area (Å²) in [6.45, 7) is 3.06. The number of nitrogens with zero attached hydrogens (tertiary/aromatic N) is 4. The van der Waals surface area contributed by atoms with Crippen LogP contribution in [0.25, 0.3) is 16.6 Å². The van der Waals surface area contributed by atoms with E-state index in [9.17, 15) is 4.79 Å². The number of hydrogen-bond acceptors (Lipinski definition) is 6. The Labute approximate surface area is 189 Å². The van der Waals surface area contributed by atoms with E-state index < -0.39 is 11.5 Å². The van der Waals surface area contributed by atoms with Crippen molar-refractivity contribution in [1.82, 2.24) is 29.8 Å². The lowest BCUT2D eigenvalue weighted by Crippen LogP contribution is -2.60. The van der Waals surface area contributed by atoms with Crippen LogP contribution in [0.2, 0.25) is 0 Å². The average Bonchev–Trinajstić information content (AvgIpc) is 3.52. The highest BCUT2D eigenvalue weighted by Gasteiger charge is 2.44. The molecule has 0 spiro atoms. The van der Waals surface area contributed by atoms with Gasteiger partial charge in [-0.25, -0.2) is 9.37 Å². The van der Waals surface area contributed by atoms with Gasteiger partial charge in [-0.1, -0.05) is 12.1 Å². The number of carbonyl (C=O) groups excluding carboxylic acids is 1. The number of aromatic nitrogens is 4. The number of nitrogens with two attached hydrogens (primary N) is 1. The number of rotatable bonds is 6. The van der Waals surface area contributed by atoms with Gasteiger partial charge in [0.15, 0.2) is 11.5 Å². The SMILES string of the molecule is COCC(NC(=O)c1cccc2cn[nH]c12)(c1cc(F)c2nc(C)cn2c1)N1CCC(N)C1. The van der Waals surface area contributed by atoms with Crippen LogP contribution in [0, 0.1) is 12.7 Å². The van der Waals surface area contributed by atoms with E-state index in [4.69, 9.17) is 10.5 Å². The summed E-state index contributed by atoms with van der Waals surface area (Å²) in [7, 11) is 1.56. The van der Waals surface area contributed by atoms with Crippen molar-refractivity contribution in [2.75, 3.05) is 26.8 Å². The highest BCUT2D eigenvalue weighted by molar-refractivity contribution is 6.05. The molecule has 4 aromatic rings. The second kappa shape index (κ2) is 8.22. The van der Waals surface area contributed by atoms with Gasteiger partial charge in [0.2, 0.25) is 0 Å². The number of likely N-dealkylation sites (tertiary alicyclic amines) is 1. The first-order valence-electron chi connectivity index (χ1n) is 10.8. The number of carbonyl (C=O) groups is 1. The number of methoxy groups -OCH3 is 1. The van der Waals surface area contributed by atoms with Crippen molar-refractivity contribution in [1.29, 1.82) is 0 Å². The zero-order chi connectivity index (χ0) is 23.2. The van der Waals surface area contributed by atoms with Crippen molar-refractivity contribution in [3.05, 3.63) is 65.5 Å². The zero-order valence-corrected chi connectivity index (χ0v) is 18.5. The van der Waals surface area contributed by atoms with Crippen LogP contribution in [0.4, 0.5) is 4.39 Å². The molecule has 1 fully saturated rings. The number of pyridine rings is 1. The maximum absolute atomic E-state index is 15.1. The monoisotopic (exact) mass is 451 g/mol. The third-order valence-corrected chi connectivity index (χ3v) is 6.26. The van der Waals surface area contributed by atoms with Gasteiger partial charge in [-0.15, -0.1) is 0 Å². The number of para-hydroxylation sites is 1. The normalized spacial score (nSPS) is 18.7. The Morgan fingerprint density at radius 2 is 2.27 bits per heavy atom. The molecule has 4 heterocycles. The maximum atomic E-state index is 15.1. The zero-order valence-electron chi connectivity index (χ0n) is 18.5. The Balaban J connectivity index is 1.65. The van der Waals surface area contributed by atoms with Gasteiger partial charge in [-0.2, -0.15) is 5.10 Å². The minimum Gasteiger partial charge on any atom is -0.380 e. The Morgan fingerprint density at radius 1 is 1.42 bits per heavy atom. The van der Waals surface area contributed by atoms with Crippen LogP contribution in [0.15, 0.2) is 42.9 Å². The number of hydrogen-bond donors (Lipinski definition) is 3. The van der Waals surface area contributed by atoms with E-state index in [1.165, 1.54) is 6.07 Å². The fourth-order valence-corrected chi connectivity index (χ4v) is 4.71. The molecule has 9 nitrogen and oxygen atoms in total. The third-order valence-electron chi connectivity index (χ3n) is 6.26. The third kappa shape index (κ3) is 3.65. The first-order chi connectivity index (χ1) is 15.9. The summed E-state index contributed by atoms with van der Waals surface area (Å²) in [6, 6.07) is 6.77. The Bertz CT molecular complexity index is 1330. The highest BCUT2D eigenvalue weighted by atomic mass is 19.1. The summed E-state index contributed by atoms with van der Waals surface area (Å²) < 4.78 is 22.4. The van der Waals surface area contributed by atoms with E-state index >= 15 is 4.39 Å². The first kappa shape index (κ1) is 21.5. The van der Waals surface area contributed by atoms with Gasteiger partial charge in [0.05, 0.1) is 29.6 Å². The van der Waals surface area contributed by atoms with Crippen molar-refractivity contribution in [2.24, 2.45) is 5.73 Å².